The second-order valence-electron chi connectivity index (χ2n) is 5.45. The highest BCUT2D eigenvalue weighted by Gasteiger charge is 2.36. The van der Waals surface area contributed by atoms with E-state index in [0.717, 1.165) is 32.6 Å². The summed E-state index contributed by atoms with van der Waals surface area (Å²) in [5.74, 6) is -1.09. The molecule has 0 bridgehead atoms. The first-order valence-corrected chi connectivity index (χ1v) is 7.28. The van der Waals surface area contributed by atoms with Gasteiger partial charge in [0.05, 0.1) is 7.11 Å². The third kappa shape index (κ3) is 3.08. The van der Waals surface area contributed by atoms with Gasteiger partial charge in [0.1, 0.15) is 5.92 Å². The molecule has 2 aliphatic rings. The van der Waals surface area contributed by atoms with Crippen LogP contribution < -0.4 is 0 Å². The van der Waals surface area contributed by atoms with E-state index in [9.17, 15) is 9.59 Å². The van der Waals surface area contributed by atoms with Crippen LogP contribution in [0.2, 0.25) is 0 Å². The summed E-state index contributed by atoms with van der Waals surface area (Å²) >= 11 is 0. The molecule has 0 aliphatic carbocycles. The van der Waals surface area contributed by atoms with Gasteiger partial charge < -0.3 is 9.64 Å². The molecule has 0 saturated carbocycles. The highest BCUT2D eigenvalue weighted by molar-refractivity contribution is 5.97. The maximum absolute atomic E-state index is 12.3. The molecule has 2 aliphatic heterocycles. The minimum Gasteiger partial charge on any atom is -0.468 e. The standard InChI is InChI=1S/C14H24N2O3/c1-3-12(14(18)19-2)13(17)16-9-6-11(10-16)15-7-4-5-8-15/h11-12H,3-10H2,1-2H3/t11-,12+/m0/s1. The van der Waals surface area contributed by atoms with E-state index in [1.807, 2.05) is 11.8 Å². The predicted octanol–water partition coefficient (Wildman–Crippen LogP) is 0.882. The largest absolute Gasteiger partial charge is 0.468 e. The Balaban J connectivity index is 1.91. The van der Waals surface area contributed by atoms with Crippen LogP contribution in [0.15, 0.2) is 0 Å². The molecule has 2 rings (SSSR count). The molecule has 0 aromatic heterocycles. The average Bonchev–Trinajstić information content (AvgIpc) is 3.09. The summed E-state index contributed by atoms with van der Waals surface area (Å²) in [6.07, 6.45) is 4.08. The Kier molecular flexibility index (Phi) is 4.80. The first-order valence-electron chi connectivity index (χ1n) is 7.28. The maximum Gasteiger partial charge on any atom is 0.318 e. The van der Waals surface area contributed by atoms with E-state index >= 15 is 0 Å². The van der Waals surface area contributed by atoms with Crippen molar-refractivity contribution in [3.05, 3.63) is 0 Å². The van der Waals surface area contributed by atoms with Crippen molar-refractivity contribution in [2.24, 2.45) is 5.92 Å². The number of hydrogen-bond acceptors (Lipinski definition) is 4. The van der Waals surface area contributed by atoms with Gasteiger partial charge in [0.2, 0.25) is 5.91 Å². The lowest BCUT2D eigenvalue weighted by molar-refractivity contribution is -0.153. The lowest BCUT2D eigenvalue weighted by Crippen LogP contribution is -2.41. The van der Waals surface area contributed by atoms with Crippen molar-refractivity contribution in [1.82, 2.24) is 9.80 Å². The molecule has 2 fully saturated rings. The summed E-state index contributed by atoms with van der Waals surface area (Å²) < 4.78 is 4.71. The molecule has 2 atom stereocenters. The van der Waals surface area contributed by atoms with Crippen molar-refractivity contribution >= 4 is 11.9 Å². The van der Waals surface area contributed by atoms with Crippen molar-refractivity contribution in [2.45, 2.75) is 38.6 Å². The third-order valence-electron chi connectivity index (χ3n) is 4.32. The van der Waals surface area contributed by atoms with E-state index in [-0.39, 0.29) is 5.91 Å². The number of likely N-dealkylation sites (tertiary alicyclic amines) is 2. The molecule has 1 amide bonds. The highest BCUT2D eigenvalue weighted by Crippen LogP contribution is 2.22. The summed E-state index contributed by atoms with van der Waals surface area (Å²) in [7, 11) is 1.34. The quantitative estimate of drug-likeness (QED) is 0.561. The van der Waals surface area contributed by atoms with E-state index in [1.54, 1.807) is 0 Å². The van der Waals surface area contributed by atoms with Gasteiger partial charge in [0.25, 0.3) is 0 Å². The molecule has 2 saturated heterocycles. The molecule has 19 heavy (non-hydrogen) atoms. The van der Waals surface area contributed by atoms with Gasteiger partial charge in [-0.2, -0.15) is 0 Å². The fourth-order valence-corrected chi connectivity index (χ4v) is 3.15. The molecule has 2 heterocycles. The number of carbonyl (C=O) groups excluding carboxylic acids is 2. The van der Waals surface area contributed by atoms with Gasteiger partial charge in [-0.3, -0.25) is 14.5 Å². The Morgan fingerprint density at radius 1 is 1.26 bits per heavy atom. The Morgan fingerprint density at radius 3 is 2.53 bits per heavy atom. The number of methoxy groups -OCH3 is 1. The molecule has 0 N–H and O–H groups in total. The number of ether oxygens (including phenoxy) is 1. The molecule has 0 radical (unpaired) electrons. The molecule has 108 valence electrons. The Labute approximate surface area is 114 Å². The second kappa shape index (κ2) is 6.37. The van der Waals surface area contributed by atoms with E-state index in [1.165, 1.54) is 20.0 Å². The smallest absolute Gasteiger partial charge is 0.318 e. The van der Waals surface area contributed by atoms with Gasteiger partial charge in [-0.1, -0.05) is 6.92 Å². The van der Waals surface area contributed by atoms with Gasteiger partial charge in [-0.25, -0.2) is 0 Å². The molecule has 0 spiro atoms. The zero-order valence-corrected chi connectivity index (χ0v) is 11.9. The molecule has 0 unspecified atom stereocenters. The number of hydrogen-bond donors (Lipinski definition) is 0. The van der Waals surface area contributed by atoms with Crippen LogP contribution in [0.1, 0.15) is 32.6 Å². The minimum atomic E-state index is -0.623. The summed E-state index contributed by atoms with van der Waals surface area (Å²) in [4.78, 5) is 28.3. The van der Waals surface area contributed by atoms with Crippen LogP contribution in [0, 0.1) is 5.92 Å². The number of carbonyl (C=O) groups is 2. The molecule has 0 aromatic carbocycles. The van der Waals surface area contributed by atoms with Crippen molar-refractivity contribution in [1.29, 1.82) is 0 Å². The molecule has 5 nitrogen and oxygen atoms in total. The van der Waals surface area contributed by atoms with Crippen molar-refractivity contribution in [3.63, 3.8) is 0 Å². The van der Waals surface area contributed by atoms with Gasteiger partial charge in [0.15, 0.2) is 0 Å². The van der Waals surface area contributed by atoms with Gasteiger partial charge in [-0.15, -0.1) is 0 Å². The highest BCUT2D eigenvalue weighted by atomic mass is 16.5. The predicted molar refractivity (Wildman–Crippen MR) is 71.6 cm³/mol. The number of rotatable bonds is 4. The normalized spacial score (nSPS) is 25.6. The number of amides is 1. The minimum absolute atomic E-state index is 0.0592. The van der Waals surface area contributed by atoms with Crippen LogP contribution >= 0.6 is 0 Å². The first kappa shape index (κ1) is 14.3. The summed E-state index contributed by atoms with van der Waals surface area (Å²) in [6, 6.07) is 0.488. The zero-order valence-electron chi connectivity index (χ0n) is 11.9. The van der Waals surface area contributed by atoms with Gasteiger partial charge in [0, 0.05) is 19.1 Å². The number of esters is 1. The summed E-state index contributed by atoms with van der Waals surface area (Å²) in [6.45, 7) is 5.70. The van der Waals surface area contributed by atoms with Crippen LogP contribution in [0.5, 0.6) is 0 Å². The molecule has 5 heteroatoms. The van der Waals surface area contributed by atoms with Crippen LogP contribution in [-0.4, -0.2) is 61.0 Å². The SMILES string of the molecule is CC[C@@H](C(=O)OC)C(=O)N1CC[C@H](N2CCCC2)C1. The first-order chi connectivity index (χ1) is 9.17. The Bertz CT molecular complexity index is 340. The van der Waals surface area contributed by atoms with Crippen LogP contribution in [0.25, 0.3) is 0 Å². The lowest BCUT2D eigenvalue weighted by Gasteiger charge is -2.25. The van der Waals surface area contributed by atoms with Crippen molar-refractivity contribution in [3.8, 4) is 0 Å². The van der Waals surface area contributed by atoms with E-state index in [2.05, 4.69) is 4.90 Å². The molecular formula is C14H24N2O3. The zero-order chi connectivity index (χ0) is 13.8. The molecular weight excluding hydrogens is 244 g/mol. The third-order valence-corrected chi connectivity index (χ3v) is 4.32. The average molecular weight is 268 g/mol. The van der Waals surface area contributed by atoms with E-state index < -0.39 is 11.9 Å². The second-order valence-corrected chi connectivity index (χ2v) is 5.45. The van der Waals surface area contributed by atoms with Crippen LogP contribution in [0.3, 0.4) is 0 Å². The van der Waals surface area contributed by atoms with Crippen molar-refractivity contribution < 1.29 is 14.3 Å². The van der Waals surface area contributed by atoms with E-state index in [0.29, 0.717) is 12.5 Å². The van der Waals surface area contributed by atoms with Crippen LogP contribution in [-0.2, 0) is 14.3 Å². The van der Waals surface area contributed by atoms with Crippen LogP contribution in [0.4, 0.5) is 0 Å². The fraction of sp³-hybridized carbons (Fsp3) is 0.857. The van der Waals surface area contributed by atoms with Gasteiger partial charge in [-0.05, 0) is 38.8 Å². The van der Waals surface area contributed by atoms with Gasteiger partial charge >= 0.3 is 5.97 Å². The number of nitrogens with zero attached hydrogens (tertiary/aromatic N) is 2. The molecule has 0 aromatic rings. The fourth-order valence-electron chi connectivity index (χ4n) is 3.15. The van der Waals surface area contributed by atoms with E-state index in [4.69, 9.17) is 4.74 Å². The topological polar surface area (TPSA) is 49.9 Å². The Hall–Kier alpha value is -1.10. The monoisotopic (exact) mass is 268 g/mol. The summed E-state index contributed by atoms with van der Waals surface area (Å²) in [5.41, 5.74) is 0. The maximum atomic E-state index is 12.3. The lowest BCUT2D eigenvalue weighted by atomic mass is 10.1. The summed E-state index contributed by atoms with van der Waals surface area (Å²) in [5, 5.41) is 0. The van der Waals surface area contributed by atoms with Crippen molar-refractivity contribution in [2.75, 3.05) is 33.3 Å². The Morgan fingerprint density at radius 2 is 1.95 bits per heavy atom.